The summed E-state index contributed by atoms with van der Waals surface area (Å²) in [5.41, 5.74) is 2.69. The quantitative estimate of drug-likeness (QED) is 0.693. The standard InChI is InChI=1S/C8H12OS/c1-6-5-10-8(3-4-9)7(6)2/h5,9H,3-4H2,1-2H3. The van der Waals surface area contributed by atoms with Gasteiger partial charge in [-0.05, 0) is 30.4 Å². The van der Waals surface area contributed by atoms with E-state index < -0.39 is 0 Å². The van der Waals surface area contributed by atoms with Crippen LogP contribution in [-0.2, 0) is 6.42 Å². The summed E-state index contributed by atoms with van der Waals surface area (Å²) in [5, 5.41) is 10.8. The molecule has 1 nitrogen and oxygen atoms in total. The van der Waals surface area contributed by atoms with Gasteiger partial charge in [-0.1, -0.05) is 0 Å². The van der Waals surface area contributed by atoms with Gasteiger partial charge < -0.3 is 5.11 Å². The molecule has 1 heterocycles. The lowest BCUT2D eigenvalue weighted by Crippen LogP contribution is -1.88. The molecule has 0 atom stereocenters. The Bertz CT molecular complexity index is 215. The molecule has 10 heavy (non-hydrogen) atoms. The van der Waals surface area contributed by atoms with Crippen LogP contribution >= 0.6 is 11.3 Å². The van der Waals surface area contributed by atoms with Gasteiger partial charge in [0.25, 0.3) is 0 Å². The molecule has 1 rings (SSSR count). The van der Waals surface area contributed by atoms with Crippen molar-refractivity contribution in [1.29, 1.82) is 0 Å². The van der Waals surface area contributed by atoms with Gasteiger partial charge in [0.1, 0.15) is 0 Å². The van der Waals surface area contributed by atoms with Crippen molar-refractivity contribution < 1.29 is 5.11 Å². The second-order valence-corrected chi connectivity index (χ2v) is 3.40. The van der Waals surface area contributed by atoms with Crippen LogP contribution in [0.15, 0.2) is 5.38 Å². The maximum atomic E-state index is 8.66. The second kappa shape index (κ2) is 3.17. The number of hydrogen-bond donors (Lipinski definition) is 1. The summed E-state index contributed by atoms with van der Waals surface area (Å²) in [5.74, 6) is 0. The Hall–Kier alpha value is -0.340. The fraction of sp³-hybridized carbons (Fsp3) is 0.500. The summed E-state index contributed by atoms with van der Waals surface area (Å²) in [7, 11) is 0. The first-order chi connectivity index (χ1) is 4.75. The van der Waals surface area contributed by atoms with E-state index >= 15 is 0 Å². The average molecular weight is 156 g/mol. The summed E-state index contributed by atoms with van der Waals surface area (Å²) in [6.45, 7) is 4.48. The van der Waals surface area contributed by atoms with E-state index in [-0.39, 0.29) is 6.61 Å². The normalized spacial score (nSPS) is 10.3. The molecule has 0 unspecified atom stereocenters. The largest absolute Gasteiger partial charge is 0.396 e. The first-order valence-corrected chi connectivity index (χ1v) is 4.28. The van der Waals surface area contributed by atoms with E-state index in [0.717, 1.165) is 6.42 Å². The van der Waals surface area contributed by atoms with E-state index in [1.54, 1.807) is 11.3 Å². The SMILES string of the molecule is Cc1csc(CCO)c1C. The molecule has 1 aromatic rings. The monoisotopic (exact) mass is 156 g/mol. The second-order valence-electron chi connectivity index (χ2n) is 2.44. The van der Waals surface area contributed by atoms with Gasteiger partial charge in [0.05, 0.1) is 0 Å². The predicted molar refractivity (Wildman–Crippen MR) is 44.6 cm³/mol. The number of thiophene rings is 1. The minimum Gasteiger partial charge on any atom is -0.396 e. The average Bonchev–Trinajstić information content (AvgIpc) is 2.20. The van der Waals surface area contributed by atoms with Gasteiger partial charge in [0.2, 0.25) is 0 Å². The summed E-state index contributed by atoms with van der Waals surface area (Å²) in [4.78, 5) is 1.32. The summed E-state index contributed by atoms with van der Waals surface area (Å²) in [6, 6.07) is 0. The Morgan fingerprint density at radius 3 is 2.60 bits per heavy atom. The van der Waals surface area contributed by atoms with Crippen LogP contribution in [0.4, 0.5) is 0 Å². The number of hydrogen-bond acceptors (Lipinski definition) is 2. The molecule has 1 aromatic heterocycles. The molecule has 0 saturated heterocycles. The van der Waals surface area contributed by atoms with Gasteiger partial charge in [0.15, 0.2) is 0 Å². The topological polar surface area (TPSA) is 20.2 Å². The molecule has 0 aromatic carbocycles. The van der Waals surface area contributed by atoms with E-state index in [1.807, 2.05) is 0 Å². The van der Waals surface area contributed by atoms with Gasteiger partial charge in [-0.25, -0.2) is 0 Å². The molecule has 1 N–H and O–H groups in total. The van der Waals surface area contributed by atoms with Crippen molar-refractivity contribution in [2.45, 2.75) is 20.3 Å². The van der Waals surface area contributed by atoms with Crippen LogP contribution in [0.3, 0.4) is 0 Å². The molecule has 56 valence electrons. The Morgan fingerprint density at radius 1 is 1.50 bits per heavy atom. The van der Waals surface area contributed by atoms with Crippen LogP contribution in [0.1, 0.15) is 16.0 Å². The molecule has 0 fully saturated rings. The fourth-order valence-corrected chi connectivity index (χ4v) is 1.95. The Kier molecular flexibility index (Phi) is 2.46. The molecular formula is C8H12OS. The maximum Gasteiger partial charge on any atom is 0.0479 e. The smallest absolute Gasteiger partial charge is 0.0479 e. The van der Waals surface area contributed by atoms with Crippen LogP contribution < -0.4 is 0 Å². The van der Waals surface area contributed by atoms with Crippen molar-refractivity contribution >= 4 is 11.3 Å². The molecule has 0 aliphatic heterocycles. The molecular weight excluding hydrogens is 144 g/mol. The molecule has 2 heteroatoms. The first kappa shape index (κ1) is 7.76. The number of aliphatic hydroxyl groups is 1. The van der Waals surface area contributed by atoms with E-state index in [9.17, 15) is 0 Å². The highest BCUT2D eigenvalue weighted by atomic mass is 32.1. The summed E-state index contributed by atoms with van der Waals surface area (Å²) >= 11 is 1.74. The number of rotatable bonds is 2. The molecule has 0 bridgehead atoms. The molecule has 0 amide bonds. The van der Waals surface area contributed by atoms with Crippen LogP contribution in [-0.4, -0.2) is 11.7 Å². The molecule has 0 saturated carbocycles. The zero-order valence-corrected chi connectivity index (χ0v) is 7.16. The van der Waals surface area contributed by atoms with Crippen LogP contribution in [0.25, 0.3) is 0 Å². The third kappa shape index (κ3) is 1.39. The van der Waals surface area contributed by atoms with Crippen LogP contribution in [0, 0.1) is 13.8 Å². The molecule has 0 spiro atoms. The van der Waals surface area contributed by atoms with Gasteiger partial charge in [-0.15, -0.1) is 11.3 Å². The van der Waals surface area contributed by atoms with Crippen molar-refractivity contribution in [1.82, 2.24) is 0 Å². The Morgan fingerprint density at radius 2 is 2.20 bits per heavy atom. The highest BCUT2D eigenvalue weighted by Crippen LogP contribution is 2.20. The van der Waals surface area contributed by atoms with E-state index in [2.05, 4.69) is 19.2 Å². The molecule has 0 aliphatic rings. The minimum absolute atomic E-state index is 0.265. The Labute approximate surface area is 65.3 Å². The predicted octanol–water partition coefficient (Wildman–Crippen LogP) is 1.90. The fourth-order valence-electron chi connectivity index (χ4n) is 0.904. The molecule has 0 radical (unpaired) electrons. The van der Waals surface area contributed by atoms with E-state index in [0.29, 0.717) is 0 Å². The summed E-state index contributed by atoms with van der Waals surface area (Å²) in [6.07, 6.45) is 0.810. The van der Waals surface area contributed by atoms with Gasteiger partial charge >= 0.3 is 0 Å². The van der Waals surface area contributed by atoms with Gasteiger partial charge in [-0.2, -0.15) is 0 Å². The maximum absolute atomic E-state index is 8.66. The number of aliphatic hydroxyl groups excluding tert-OH is 1. The lowest BCUT2D eigenvalue weighted by Gasteiger charge is -1.94. The van der Waals surface area contributed by atoms with Crippen LogP contribution in [0.2, 0.25) is 0 Å². The van der Waals surface area contributed by atoms with Crippen molar-refractivity contribution in [2.75, 3.05) is 6.61 Å². The lowest BCUT2D eigenvalue weighted by atomic mass is 10.2. The highest BCUT2D eigenvalue weighted by molar-refractivity contribution is 7.10. The molecule has 0 aliphatic carbocycles. The highest BCUT2D eigenvalue weighted by Gasteiger charge is 2.01. The van der Waals surface area contributed by atoms with E-state index in [1.165, 1.54) is 16.0 Å². The zero-order valence-electron chi connectivity index (χ0n) is 6.35. The van der Waals surface area contributed by atoms with Crippen LogP contribution in [0.5, 0.6) is 0 Å². The van der Waals surface area contributed by atoms with Gasteiger partial charge in [-0.3, -0.25) is 0 Å². The van der Waals surface area contributed by atoms with Crippen molar-refractivity contribution in [3.8, 4) is 0 Å². The van der Waals surface area contributed by atoms with Crippen molar-refractivity contribution in [3.63, 3.8) is 0 Å². The first-order valence-electron chi connectivity index (χ1n) is 3.40. The third-order valence-corrected chi connectivity index (χ3v) is 2.99. The summed E-state index contributed by atoms with van der Waals surface area (Å²) < 4.78 is 0. The van der Waals surface area contributed by atoms with Gasteiger partial charge in [0, 0.05) is 17.9 Å². The lowest BCUT2D eigenvalue weighted by molar-refractivity contribution is 0.300. The van der Waals surface area contributed by atoms with E-state index in [4.69, 9.17) is 5.11 Å². The number of aryl methyl sites for hydroxylation is 1. The van der Waals surface area contributed by atoms with Crippen molar-refractivity contribution in [3.05, 3.63) is 21.4 Å². The third-order valence-electron chi connectivity index (χ3n) is 1.73. The van der Waals surface area contributed by atoms with Crippen molar-refractivity contribution in [2.24, 2.45) is 0 Å². The Balaban J connectivity index is 2.83. The zero-order chi connectivity index (χ0) is 7.56. The minimum atomic E-state index is 0.265.